The SMILES string of the molecule is CC(C)(C)CC(C)(C)c1ccc(OC[C@H](O)C[N+](C)(C)C)cc1. The van der Waals surface area contributed by atoms with Gasteiger partial charge in [0.05, 0.1) is 21.1 Å². The monoisotopic (exact) mass is 322 g/mol. The molecule has 0 aromatic heterocycles. The van der Waals surface area contributed by atoms with Gasteiger partial charge in [-0.25, -0.2) is 0 Å². The van der Waals surface area contributed by atoms with Gasteiger partial charge >= 0.3 is 0 Å². The van der Waals surface area contributed by atoms with Gasteiger partial charge in [-0.15, -0.1) is 0 Å². The first kappa shape index (κ1) is 20.0. The van der Waals surface area contributed by atoms with Crippen LogP contribution in [0.1, 0.15) is 46.6 Å². The van der Waals surface area contributed by atoms with Gasteiger partial charge in [0.25, 0.3) is 0 Å². The van der Waals surface area contributed by atoms with Crippen LogP contribution in [0.2, 0.25) is 0 Å². The highest BCUT2D eigenvalue weighted by atomic mass is 16.5. The number of aliphatic hydroxyl groups excluding tert-OH is 1. The molecule has 0 aliphatic heterocycles. The van der Waals surface area contributed by atoms with E-state index in [0.717, 1.165) is 16.7 Å². The van der Waals surface area contributed by atoms with Crippen molar-refractivity contribution in [2.75, 3.05) is 34.3 Å². The van der Waals surface area contributed by atoms with Gasteiger partial charge in [-0.2, -0.15) is 0 Å². The molecule has 0 bridgehead atoms. The molecule has 1 N–H and O–H groups in total. The van der Waals surface area contributed by atoms with E-state index in [4.69, 9.17) is 4.74 Å². The number of ether oxygens (including phenoxy) is 1. The van der Waals surface area contributed by atoms with Gasteiger partial charge in [0, 0.05) is 0 Å². The highest BCUT2D eigenvalue weighted by Gasteiger charge is 2.27. The molecule has 1 atom stereocenters. The predicted molar refractivity (Wildman–Crippen MR) is 97.9 cm³/mol. The fourth-order valence-electron chi connectivity index (χ4n) is 3.31. The Balaban J connectivity index is 2.63. The minimum atomic E-state index is -0.452. The summed E-state index contributed by atoms with van der Waals surface area (Å²) in [6.45, 7) is 12.4. The molecule has 0 fully saturated rings. The van der Waals surface area contributed by atoms with Crippen LogP contribution in [0.3, 0.4) is 0 Å². The minimum Gasteiger partial charge on any atom is -0.491 e. The summed E-state index contributed by atoms with van der Waals surface area (Å²) in [5, 5.41) is 10.0. The molecule has 0 aliphatic rings. The molecule has 1 rings (SSSR count). The smallest absolute Gasteiger partial charge is 0.137 e. The second-order valence-corrected chi connectivity index (χ2v) is 9.58. The Kier molecular flexibility index (Phi) is 6.28. The maximum absolute atomic E-state index is 10.0. The summed E-state index contributed by atoms with van der Waals surface area (Å²) in [6, 6.07) is 8.32. The third-order valence-corrected chi connectivity index (χ3v) is 3.81. The molecule has 0 amide bonds. The lowest BCUT2D eigenvalue weighted by molar-refractivity contribution is -0.873. The summed E-state index contributed by atoms with van der Waals surface area (Å²) < 4.78 is 6.45. The van der Waals surface area contributed by atoms with Crippen molar-refractivity contribution in [1.82, 2.24) is 0 Å². The summed E-state index contributed by atoms with van der Waals surface area (Å²) in [6.07, 6.45) is 0.676. The third kappa shape index (κ3) is 7.85. The van der Waals surface area contributed by atoms with Crippen LogP contribution in [0.5, 0.6) is 5.75 Å². The number of likely N-dealkylation sites (N-methyl/N-ethyl adjacent to an activating group) is 1. The lowest BCUT2D eigenvalue weighted by Gasteiger charge is -2.33. The van der Waals surface area contributed by atoms with E-state index in [1.807, 2.05) is 12.1 Å². The Labute approximate surface area is 142 Å². The molecule has 0 saturated carbocycles. The summed E-state index contributed by atoms with van der Waals surface area (Å²) in [5.41, 5.74) is 1.76. The van der Waals surface area contributed by atoms with E-state index in [9.17, 15) is 5.11 Å². The number of hydrogen-bond donors (Lipinski definition) is 1. The molecular weight excluding hydrogens is 286 g/mol. The Bertz CT molecular complexity index is 478. The van der Waals surface area contributed by atoms with Crippen molar-refractivity contribution in [3.8, 4) is 5.75 Å². The molecule has 0 aliphatic carbocycles. The summed E-state index contributed by atoms with van der Waals surface area (Å²) in [7, 11) is 6.19. The van der Waals surface area contributed by atoms with E-state index in [-0.39, 0.29) is 5.41 Å². The minimum absolute atomic E-state index is 0.139. The number of nitrogens with zero attached hydrogens (tertiary/aromatic N) is 1. The van der Waals surface area contributed by atoms with Crippen LogP contribution >= 0.6 is 0 Å². The molecule has 132 valence electrons. The van der Waals surface area contributed by atoms with E-state index in [2.05, 4.69) is 67.9 Å². The van der Waals surface area contributed by atoms with Gasteiger partial charge in [0.15, 0.2) is 0 Å². The third-order valence-electron chi connectivity index (χ3n) is 3.81. The van der Waals surface area contributed by atoms with E-state index >= 15 is 0 Å². The summed E-state index contributed by atoms with van der Waals surface area (Å²) >= 11 is 0. The van der Waals surface area contributed by atoms with Gasteiger partial charge in [0.2, 0.25) is 0 Å². The van der Waals surface area contributed by atoms with Gasteiger partial charge in [-0.3, -0.25) is 0 Å². The van der Waals surface area contributed by atoms with Crippen molar-refractivity contribution in [2.24, 2.45) is 5.41 Å². The van der Waals surface area contributed by atoms with Crippen molar-refractivity contribution in [3.05, 3.63) is 29.8 Å². The molecule has 0 radical (unpaired) electrons. The predicted octanol–water partition coefficient (Wildman–Crippen LogP) is 3.85. The zero-order chi connectivity index (χ0) is 17.9. The number of quaternary nitrogens is 1. The first-order valence-electron chi connectivity index (χ1n) is 8.50. The van der Waals surface area contributed by atoms with E-state index in [1.54, 1.807) is 0 Å². The van der Waals surface area contributed by atoms with Gasteiger partial charge < -0.3 is 14.3 Å². The van der Waals surface area contributed by atoms with Crippen LogP contribution in [-0.4, -0.2) is 50.0 Å². The lowest BCUT2D eigenvalue weighted by atomic mass is 9.72. The van der Waals surface area contributed by atoms with Crippen LogP contribution in [0, 0.1) is 5.41 Å². The van der Waals surface area contributed by atoms with Crippen molar-refractivity contribution in [3.63, 3.8) is 0 Å². The molecule has 0 heterocycles. The largest absolute Gasteiger partial charge is 0.491 e. The van der Waals surface area contributed by atoms with E-state index in [1.165, 1.54) is 5.56 Å². The highest BCUT2D eigenvalue weighted by molar-refractivity contribution is 5.31. The molecule has 0 saturated heterocycles. The van der Waals surface area contributed by atoms with Crippen molar-refractivity contribution >= 4 is 0 Å². The van der Waals surface area contributed by atoms with Crippen LogP contribution in [0.4, 0.5) is 0 Å². The lowest BCUT2D eigenvalue weighted by Crippen LogP contribution is -2.43. The Morgan fingerprint density at radius 2 is 1.52 bits per heavy atom. The Morgan fingerprint density at radius 1 is 1.00 bits per heavy atom. The maximum Gasteiger partial charge on any atom is 0.137 e. The maximum atomic E-state index is 10.0. The first-order valence-corrected chi connectivity index (χ1v) is 8.50. The van der Waals surface area contributed by atoms with E-state index in [0.29, 0.717) is 18.6 Å². The van der Waals surface area contributed by atoms with Crippen LogP contribution in [0.15, 0.2) is 24.3 Å². The fourth-order valence-corrected chi connectivity index (χ4v) is 3.31. The molecular formula is C20H36NO2+. The Hall–Kier alpha value is -1.06. The summed E-state index contributed by atoms with van der Waals surface area (Å²) in [4.78, 5) is 0. The average molecular weight is 323 g/mol. The molecule has 0 spiro atoms. The molecule has 3 heteroatoms. The topological polar surface area (TPSA) is 29.5 Å². The fraction of sp³-hybridized carbons (Fsp3) is 0.700. The van der Waals surface area contributed by atoms with Crippen LogP contribution < -0.4 is 4.74 Å². The normalized spacial score (nSPS) is 14.7. The quantitative estimate of drug-likeness (QED) is 0.773. The van der Waals surface area contributed by atoms with Crippen LogP contribution in [0.25, 0.3) is 0 Å². The van der Waals surface area contributed by atoms with Crippen LogP contribution in [-0.2, 0) is 5.41 Å². The number of rotatable bonds is 7. The molecule has 1 aromatic carbocycles. The second-order valence-electron chi connectivity index (χ2n) is 9.58. The number of aliphatic hydroxyl groups is 1. The second kappa shape index (κ2) is 7.23. The van der Waals surface area contributed by atoms with Crippen molar-refractivity contribution in [2.45, 2.75) is 52.6 Å². The number of benzene rings is 1. The van der Waals surface area contributed by atoms with Gasteiger partial charge in [0.1, 0.15) is 25.0 Å². The molecule has 0 unspecified atom stereocenters. The zero-order valence-electron chi connectivity index (χ0n) is 16.3. The van der Waals surface area contributed by atoms with Gasteiger partial charge in [-0.05, 0) is 34.9 Å². The molecule has 3 nitrogen and oxygen atoms in total. The van der Waals surface area contributed by atoms with Crippen molar-refractivity contribution in [1.29, 1.82) is 0 Å². The zero-order valence-corrected chi connectivity index (χ0v) is 16.3. The summed E-state index contributed by atoms with van der Waals surface area (Å²) in [5.74, 6) is 0.820. The molecule has 1 aromatic rings. The highest BCUT2D eigenvalue weighted by Crippen LogP contribution is 2.36. The van der Waals surface area contributed by atoms with E-state index < -0.39 is 6.10 Å². The van der Waals surface area contributed by atoms with Gasteiger partial charge in [-0.1, -0.05) is 46.8 Å². The van der Waals surface area contributed by atoms with Crippen molar-refractivity contribution < 1.29 is 14.3 Å². The standard InChI is InChI=1S/C20H36NO2/c1-19(2,3)15-20(4,5)16-9-11-18(12-10-16)23-14-17(22)13-21(6,7)8/h9-12,17,22H,13-15H2,1-8H3/q+1/t17-/m1/s1. The average Bonchev–Trinajstić information content (AvgIpc) is 2.32. The molecule has 23 heavy (non-hydrogen) atoms. The Morgan fingerprint density at radius 3 is 1.96 bits per heavy atom. The number of hydrogen-bond acceptors (Lipinski definition) is 2. The first-order chi connectivity index (χ1) is 10.3.